The number of carbonyl (C=O) groups is 1. The first kappa shape index (κ1) is 18.3. The van der Waals surface area contributed by atoms with Gasteiger partial charge in [-0.25, -0.2) is 0 Å². The molecule has 1 N–H and O–H groups in total. The lowest BCUT2D eigenvalue weighted by molar-refractivity contribution is 0.195. The van der Waals surface area contributed by atoms with Crippen molar-refractivity contribution in [1.82, 2.24) is 0 Å². The highest BCUT2D eigenvalue weighted by atomic mass is 28.2. The fraction of sp³-hybridized carbons (Fsp3) is 0.533. The van der Waals surface area contributed by atoms with Gasteiger partial charge in [0.25, 0.3) is 15.4 Å². The predicted molar refractivity (Wildman–Crippen MR) is 86.0 cm³/mol. The molecule has 1 aromatic rings. The van der Waals surface area contributed by atoms with E-state index >= 15 is 0 Å². The minimum Gasteiger partial charge on any atom is -0.490 e. The predicted octanol–water partition coefficient (Wildman–Crippen LogP) is 2.72. The van der Waals surface area contributed by atoms with E-state index in [4.69, 9.17) is 23.7 Å². The quantitative estimate of drug-likeness (QED) is 0.666. The van der Waals surface area contributed by atoms with Gasteiger partial charge in [-0.05, 0) is 39.8 Å². The molecule has 1 aromatic carbocycles. The Labute approximate surface area is 133 Å². The van der Waals surface area contributed by atoms with Gasteiger partial charge in [0.15, 0.2) is 11.5 Å². The van der Waals surface area contributed by atoms with Gasteiger partial charge in [0, 0.05) is 5.56 Å². The van der Waals surface area contributed by atoms with Crippen molar-refractivity contribution >= 4 is 15.4 Å². The number of benzene rings is 1. The van der Waals surface area contributed by atoms with Gasteiger partial charge < -0.3 is 23.7 Å². The second kappa shape index (κ2) is 9.32. The molecule has 22 heavy (non-hydrogen) atoms. The molecule has 0 amide bonds. The first-order valence-corrected chi connectivity index (χ1v) is 8.72. The van der Waals surface area contributed by atoms with Crippen molar-refractivity contribution in [2.75, 3.05) is 19.8 Å². The molecular weight excluding hydrogens is 304 g/mol. The highest BCUT2D eigenvalue weighted by Gasteiger charge is 2.21. The zero-order chi connectivity index (χ0) is 16.5. The summed E-state index contributed by atoms with van der Waals surface area (Å²) in [5.74, 6) is 1.71. The van der Waals surface area contributed by atoms with E-state index in [0.29, 0.717) is 37.1 Å². The van der Waals surface area contributed by atoms with Gasteiger partial charge >= 0.3 is 0 Å². The van der Waals surface area contributed by atoms with Gasteiger partial charge in [-0.1, -0.05) is 0 Å². The third kappa shape index (κ3) is 4.92. The van der Waals surface area contributed by atoms with Crippen molar-refractivity contribution in [2.45, 2.75) is 33.8 Å². The van der Waals surface area contributed by atoms with Crippen LogP contribution in [0.2, 0.25) is 0 Å². The highest BCUT2D eigenvalue weighted by Crippen LogP contribution is 2.43. The van der Waals surface area contributed by atoms with Crippen molar-refractivity contribution in [2.24, 2.45) is 0 Å². The van der Waals surface area contributed by atoms with Crippen LogP contribution >= 0.6 is 0 Å². The highest BCUT2D eigenvalue weighted by molar-refractivity contribution is 6.66. The maximum absolute atomic E-state index is 10.7. The Kier molecular flexibility index (Phi) is 7.76. The van der Waals surface area contributed by atoms with Gasteiger partial charge in [0.2, 0.25) is 5.75 Å². The first-order chi connectivity index (χ1) is 10.5. The van der Waals surface area contributed by atoms with Crippen LogP contribution in [-0.4, -0.2) is 40.3 Å². The summed E-state index contributed by atoms with van der Waals surface area (Å²) in [6.07, 6.45) is -0.376. The molecule has 7 heteroatoms. The average Bonchev–Trinajstić information content (AvgIpc) is 2.48. The van der Waals surface area contributed by atoms with Crippen molar-refractivity contribution in [3.05, 3.63) is 17.7 Å². The Morgan fingerprint density at radius 2 is 1.68 bits per heavy atom. The largest absolute Gasteiger partial charge is 0.490 e. The summed E-state index contributed by atoms with van der Waals surface area (Å²) in [6.45, 7) is 8.93. The van der Waals surface area contributed by atoms with Crippen molar-refractivity contribution in [3.8, 4) is 17.2 Å². The lowest BCUT2D eigenvalue weighted by Crippen LogP contribution is -2.14. The minimum atomic E-state index is -1.63. The summed E-state index contributed by atoms with van der Waals surface area (Å²) < 4.78 is 22.4. The molecule has 0 aromatic heterocycles. The summed E-state index contributed by atoms with van der Waals surface area (Å²) in [7, 11) is -1.63. The monoisotopic (exact) mass is 328 g/mol. The molecule has 0 fully saturated rings. The summed E-state index contributed by atoms with van der Waals surface area (Å²) in [6, 6.07) is 3.63. The third-order valence-corrected chi connectivity index (χ3v) is 3.79. The fourth-order valence-electron chi connectivity index (χ4n) is 2.01. The molecule has 0 aliphatic carbocycles. The molecule has 0 radical (unpaired) electrons. The van der Waals surface area contributed by atoms with Crippen LogP contribution in [0, 0.1) is 0 Å². The van der Waals surface area contributed by atoms with Crippen LogP contribution in [0.5, 0.6) is 17.2 Å². The summed E-state index contributed by atoms with van der Waals surface area (Å²) in [4.78, 5) is 10.7. The van der Waals surface area contributed by atoms with E-state index in [9.17, 15) is 4.79 Å². The number of carboxylic acid groups (broad SMARTS) is 1. The number of hydrogen-bond donors (Lipinski definition) is 1. The summed E-state index contributed by atoms with van der Waals surface area (Å²) in [5.41, 5.74) is -0.108. The van der Waals surface area contributed by atoms with E-state index in [1.807, 2.05) is 33.8 Å². The fourth-order valence-corrected chi connectivity index (χ4v) is 2.58. The average molecular weight is 328 g/mol. The molecule has 1 unspecified atom stereocenters. The van der Waals surface area contributed by atoms with E-state index in [2.05, 4.69) is 0 Å². The molecule has 0 aliphatic heterocycles. The smallest absolute Gasteiger partial charge is 0.293 e. The van der Waals surface area contributed by atoms with Crippen LogP contribution in [-0.2, 0) is 4.43 Å². The van der Waals surface area contributed by atoms with E-state index in [0.717, 1.165) is 5.56 Å². The topological polar surface area (TPSA) is 74.2 Å². The maximum atomic E-state index is 10.7. The standard InChI is InChI=1S/C15H24O6Si/c1-5-18-12-9-8-11(10(4)21-22-15(16)17)13(19-6-2)14(12)20-7-3/h8-10H,5-7,22H2,1-4H3,(H,16,17). The van der Waals surface area contributed by atoms with Crippen molar-refractivity contribution < 1.29 is 28.5 Å². The third-order valence-electron chi connectivity index (χ3n) is 2.88. The van der Waals surface area contributed by atoms with Crippen molar-refractivity contribution in [3.63, 3.8) is 0 Å². The molecule has 0 spiro atoms. The van der Waals surface area contributed by atoms with Crippen LogP contribution < -0.4 is 14.2 Å². The zero-order valence-corrected chi connectivity index (χ0v) is 15.0. The van der Waals surface area contributed by atoms with E-state index in [-0.39, 0.29) is 6.10 Å². The van der Waals surface area contributed by atoms with E-state index in [1.165, 1.54) is 0 Å². The molecule has 6 nitrogen and oxygen atoms in total. The lowest BCUT2D eigenvalue weighted by Gasteiger charge is -2.21. The summed E-state index contributed by atoms with van der Waals surface area (Å²) in [5, 5.41) is 8.80. The van der Waals surface area contributed by atoms with Crippen LogP contribution in [0.1, 0.15) is 39.4 Å². The molecule has 1 atom stereocenters. The zero-order valence-electron chi connectivity index (χ0n) is 13.5. The number of hydrogen-bond acceptors (Lipinski definition) is 5. The van der Waals surface area contributed by atoms with E-state index < -0.39 is 15.4 Å². The Morgan fingerprint density at radius 1 is 1.09 bits per heavy atom. The Balaban J connectivity index is 3.19. The first-order valence-electron chi connectivity index (χ1n) is 7.43. The molecule has 0 saturated carbocycles. The number of rotatable bonds is 10. The lowest BCUT2D eigenvalue weighted by atomic mass is 10.1. The second-order valence-corrected chi connectivity index (χ2v) is 5.68. The van der Waals surface area contributed by atoms with Crippen molar-refractivity contribution in [1.29, 1.82) is 0 Å². The van der Waals surface area contributed by atoms with Gasteiger partial charge in [-0.2, -0.15) is 0 Å². The molecule has 0 bridgehead atoms. The Bertz CT molecular complexity index is 491. The SMILES string of the molecule is CCOc1ccc(C(C)O[SiH2]C(=O)O)c(OCC)c1OCC. The molecule has 124 valence electrons. The van der Waals surface area contributed by atoms with Crippen LogP contribution in [0.3, 0.4) is 0 Å². The Morgan fingerprint density at radius 3 is 2.23 bits per heavy atom. The normalized spacial score (nSPS) is 12.4. The van der Waals surface area contributed by atoms with Crippen LogP contribution in [0.25, 0.3) is 0 Å². The van der Waals surface area contributed by atoms with E-state index in [1.54, 1.807) is 6.07 Å². The molecule has 0 saturated heterocycles. The van der Waals surface area contributed by atoms with Gasteiger partial charge in [0.1, 0.15) is 0 Å². The molecular formula is C15H24O6Si. The van der Waals surface area contributed by atoms with Crippen LogP contribution in [0.4, 0.5) is 4.79 Å². The summed E-state index contributed by atoms with van der Waals surface area (Å²) >= 11 is 0. The molecule has 0 heterocycles. The number of ether oxygens (including phenoxy) is 3. The van der Waals surface area contributed by atoms with Gasteiger partial charge in [-0.3, -0.25) is 4.79 Å². The second-order valence-electron chi connectivity index (χ2n) is 4.46. The maximum Gasteiger partial charge on any atom is 0.293 e. The Hall–Kier alpha value is -1.73. The van der Waals surface area contributed by atoms with Crippen LogP contribution in [0.15, 0.2) is 12.1 Å². The molecule has 0 aliphatic rings. The molecule has 1 rings (SSSR count). The van der Waals surface area contributed by atoms with Gasteiger partial charge in [-0.15, -0.1) is 0 Å². The minimum absolute atomic E-state index is 0.376. The van der Waals surface area contributed by atoms with Gasteiger partial charge in [0.05, 0.1) is 25.9 Å².